The molecule has 7 heteroatoms. The zero-order chi connectivity index (χ0) is 24.1. The second-order valence-electron chi connectivity index (χ2n) is 8.06. The number of primary amides is 1. The van der Waals surface area contributed by atoms with Crippen molar-refractivity contribution in [2.75, 3.05) is 26.2 Å². The monoisotopic (exact) mass is 435 g/mol. The minimum Gasteiger partial charge on any atom is -0.458 e. The van der Waals surface area contributed by atoms with Crippen LogP contribution < -0.4 is 15.8 Å². The van der Waals surface area contributed by atoms with Gasteiger partial charge < -0.3 is 15.4 Å². The lowest BCUT2D eigenvalue weighted by Crippen LogP contribution is -2.47. The van der Waals surface area contributed by atoms with Gasteiger partial charge in [0.2, 0.25) is 5.91 Å². The van der Waals surface area contributed by atoms with Crippen LogP contribution in [0.5, 0.6) is 5.75 Å². The summed E-state index contributed by atoms with van der Waals surface area (Å²) < 4.78 is 6.03. The Morgan fingerprint density at radius 3 is 2.62 bits per heavy atom. The van der Waals surface area contributed by atoms with E-state index in [-0.39, 0.29) is 0 Å². The number of nitrogens with zero attached hydrogens (tertiary/aromatic N) is 3. The Kier molecular flexibility index (Phi) is 10.8. The molecular formula is C25H33N5O2. The van der Waals surface area contributed by atoms with Crippen LogP contribution >= 0.6 is 0 Å². The van der Waals surface area contributed by atoms with Crippen molar-refractivity contribution in [3.8, 4) is 24.7 Å². The summed E-state index contributed by atoms with van der Waals surface area (Å²) in [6.45, 7) is 9.37. The lowest BCUT2D eigenvalue weighted by molar-refractivity contribution is -0.119. The number of benzene rings is 1. The van der Waals surface area contributed by atoms with Gasteiger partial charge in [0, 0.05) is 13.1 Å². The average molecular weight is 436 g/mol. The van der Waals surface area contributed by atoms with Gasteiger partial charge in [0.25, 0.3) is 0 Å². The van der Waals surface area contributed by atoms with Crippen molar-refractivity contribution in [3.05, 3.63) is 53.8 Å². The summed E-state index contributed by atoms with van der Waals surface area (Å²) in [4.78, 5) is 18.1. The molecule has 0 aliphatic carbocycles. The molecule has 0 aromatic heterocycles. The number of hydrogen-bond acceptors (Lipinski definition) is 6. The largest absolute Gasteiger partial charge is 0.458 e. The van der Waals surface area contributed by atoms with E-state index in [0.717, 1.165) is 11.6 Å². The molecule has 0 fully saturated rings. The van der Waals surface area contributed by atoms with Crippen LogP contribution in [-0.2, 0) is 4.79 Å². The Morgan fingerprint density at radius 1 is 1.38 bits per heavy atom. The minimum absolute atomic E-state index is 0.376. The highest BCUT2D eigenvalue weighted by atomic mass is 16.5. The maximum atomic E-state index is 11.4. The Morgan fingerprint density at radius 2 is 2.03 bits per heavy atom. The fourth-order valence-electron chi connectivity index (χ4n) is 2.80. The average Bonchev–Trinajstić information content (AvgIpc) is 2.86. The molecule has 1 aromatic rings. The molecule has 7 nitrogen and oxygen atoms in total. The minimum atomic E-state index is -0.566. The van der Waals surface area contributed by atoms with Crippen molar-refractivity contribution < 1.29 is 9.53 Å². The van der Waals surface area contributed by atoms with Gasteiger partial charge in [0.15, 0.2) is 0 Å². The first-order valence-electron chi connectivity index (χ1n) is 10.4. The fraction of sp³-hybridized carbons (Fsp3) is 0.400. The van der Waals surface area contributed by atoms with Crippen molar-refractivity contribution in [2.24, 2.45) is 16.1 Å². The number of hydrogen-bond donors (Lipinski definition) is 2. The summed E-state index contributed by atoms with van der Waals surface area (Å²) in [7, 11) is 0. The van der Waals surface area contributed by atoms with Gasteiger partial charge >= 0.3 is 0 Å². The first-order valence-corrected chi connectivity index (χ1v) is 10.4. The van der Waals surface area contributed by atoms with Crippen LogP contribution in [0.3, 0.4) is 0 Å². The fourth-order valence-corrected chi connectivity index (χ4v) is 2.80. The number of allylic oxidation sites excluding steroid dienone is 1. The van der Waals surface area contributed by atoms with E-state index < -0.39 is 17.4 Å². The number of carbonyl (C=O) groups is 1. The topological polar surface area (TPSA) is 104 Å². The normalized spacial score (nSPS) is 17.5. The van der Waals surface area contributed by atoms with E-state index in [9.17, 15) is 10.1 Å². The zero-order valence-corrected chi connectivity index (χ0v) is 19.3. The molecule has 170 valence electrons. The van der Waals surface area contributed by atoms with Gasteiger partial charge in [0.1, 0.15) is 17.3 Å². The Hall–Kier alpha value is -3.55. The molecule has 3 N–H and O–H groups in total. The number of amidine groups is 1. The molecule has 0 unspecified atom stereocenters. The predicted molar refractivity (Wildman–Crippen MR) is 129 cm³/mol. The summed E-state index contributed by atoms with van der Waals surface area (Å²) in [5.41, 5.74) is 5.96. The Balaban J connectivity index is 0.00000249. The third kappa shape index (κ3) is 9.07. The third-order valence-electron chi connectivity index (χ3n) is 4.68. The molecule has 0 saturated heterocycles. The molecule has 0 bridgehead atoms. The Labute approximate surface area is 191 Å². The number of nitriles is 1. The van der Waals surface area contributed by atoms with Crippen LogP contribution in [-0.4, -0.2) is 48.9 Å². The lowest BCUT2D eigenvalue weighted by Gasteiger charge is -2.31. The first-order chi connectivity index (χ1) is 15.2. The summed E-state index contributed by atoms with van der Waals surface area (Å²) in [5.74, 6) is 1.83. The second-order valence-corrected chi connectivity index (χ2v) is 8.06. The van der Waals surface area contributed by atoms with E-state index in [2.05, 4.69) is 29.2 Å². The maximum Gasteiger partial charge on any atom is 0.234 e. The molecule has 1 aliphatic heterocycles. The van der Waals surface area contributed by atoms with E-state index in [1.807, 2.05) is 68.2 Å². The first kappa shape index (κ1) is 26.5. The standard InChI is InChI=1S/C23H31N5O2.C2H2/c1-17-7-9-20(10-8-17)30-19-6-5-12-26-21(14-27-18(2)22(25)29)28(13-11-19)16-23(3,4)15-24;1-2/h5-11,18,27H,12-14,16H2,1-4H3,(H2,25,29);1-2H/b6-5-,19-11+,26-21?;/t18-;/m0./s1. The van der Waals surface area contributed by atoms with E-state index in [1.165, 1.54) is 5.56 Å². The van der Waals surface area contributed by atoms with Crippen LogP contribution in [0.25, 0.3) is 0 Å². The van der Waals surface area contributed by atoms with Gasteiger partial charge in [-0.2, -0.15) is 5.26 Å². The number of nitrogens with one attached hydrogen (secondary N) is 1. The molecule has 1 amide bonds. The SMILES string of the molecule is C#C.Cc1ccc(OC2=C/CN(CC(C)(C)C#N)C(CN[C@@H](C)C(N)=O)=NC/C=C\2)cc1. The van der Waals surface area contributed by atoms with Crippen LogP contribution in [0, 0.1) is 36.5 Å². The summed E-state index contributed by atoms with van der Waals surface area (Å²) in [6, 6.07) is 9.74. The maximum absolute atomic E-state index is 11.4. The highest BCUT2D eigenvalue weighted by Gasteiger charge is 2.24. The second kappa shape index (κ2) is 13.0. The number of rotatable bonds is 8. The number of ether oxygens (including phenoxy) is 1. The quantitative estimate of drug-likeness (QED) is 0.611. The van der Waals surface area contributed by atoms with Gasteiger partial charge in [-0.1, -0.05) is 23.8 Å². The Bertz CT molecular complexity index is 905. The van der Waals surface area contributed by atoms with Crippen LogP contribution in [0.4, 0.5) is 0 Å². The smallest absolute Gasteiger partial charge is 0.234 e. The van der Waals surface area contributed by atoms with Crippen molar-refractivity contribution in [2.45, 2.75) is 33.7 Å². The predicted octanol–water partition coefficient (Wildman–Crippen LogP) is 2.79. The van der Waals surface area contributed by atoms with Crippen molar-refractivity contribution in [1.29, 1.82) is 5.26 Å². The molecule has 0 radical (unpaired) electrons. The lowest BCUT2D eigenvalue weighted by atomic mass is 9.95. The molecule has 1 aromatic carbocycles. The van der Waals surface area contributed by atoms with Gasteiger partial charge in [-0.15, -0.1) is 12.8 Å². The van der Waals surface area contributed by atoms with Gasteiger partial charge in [-0.3, -0.25) is 15.1 Å². The molecule has 1 heterocycles. The number of terminal acetylenes is 1. The molecule has 1 atom stereocenters. The molecule has 1 aliphatic rings. The number of nitrogens with two attached hydrogens (primary N) is 1. The van der Waals surface area contributed by atoms with E-state index in [1.54, 1.807) is 6.92 Å². The molecule has 0 spiro atoms. The van der Waals surface area contributed by atoms with Crippen molar-refractivity contribution in [1.82, 2.24) is 10.2 Å². The number of aliphatic imine (C=N–C) groups is 1. The number of amides is 1. The molecule has 2 rings (SSSR count). The van der Waals surface area contributed by atoms with E-state index >= 15 is 0 Å². The van der Waals surface area contributed by atoms with Crippen molar-refractivity contribution in [3.63, 3.8) is 0 Å². The molecule has 32 heavy (non-hydrogen) atoms. The van der Waals surface area contributed by atoms with Gasteiger partial charge in [-0.05, 0) is 52.0 Å². The third-order valence-corrected chi connectivity index (χ3v) is 4.68. The summed E-state index contributed by atoms with van der Waals surface area (Å²) in [5, 5.41) is 12.6. The van der Waals surface area contributed by atoms with E-state index in [0.29, 0.717) is 31.9 Å². The van der Waals surface area contributed by atoms with Gasteiger partial charge in [0.05, 0.1) is 30.6 Å². The summed E-state index contributed by atoms with van der Waals surface area (Å²) in [6.07, 6.45) is 13.8. The van der Waals surface area contributed by atoms with Crippen LogP contribution in [0.2, 0.25) is 0 Å². The molecule has 0 saturated carbocycles. The van der Waals surface area contributed by atoms with Gasteiger partial charge in [-0.25, -0.2) is 0 Å². The number of carbonyl (C=O) groups excluding carboxylic acids is 1. The van der Waals surface area contributed by atoms with Crippen molar-refractivity contribution >= 4 is 11.7 Å². The zero-order valence-electron chi connectivity index (χ0n) is 19.3. The number of aryl methyl sites for hydroxylation is 1. The molecular weight excluding hydrogens is 402 g/mol. The van der Waals surface area contributed by atoms with E-state index in [4.69, 9.17) is 10.5 Å². The van der Waals surface area contributed by atoms with Crippen LogP contribution in [0.1, 0.15) is 26.3 Å². The highest BCUT2D eigenvalue weighted by Crippen LogP contribution is 2.19. The summed E-state index contributed by atoms with van der Waals surface area (Å²) >= 11 is 0. The van der Waals surface area contributed by atoms with Crippen LogP contribution in [0.15, 0.2) is 53.2 Å². The highest BCUT2D eigenvalue weighted by molar-refractivity contribution is 5.86.